The molecular weight excluding hydrogens is 441 g/mol. The van der Waals surface area contributed by atoms with Crippen LogP contribution in [0.4, 0.5) is 16.2 Å². The molecule has 1 fully saturated rings. The third-order valence-electron chi connectivity index (χ3n) is 5.47. The summed E-state index contributed by atoms with van der Waals surface area (Å²) in [5, 5.41) is 1.50. The molecule has 1 amide bonds. The smallest absolute Gasteiger partial charge is 0.409 e. The number of rotatable bonds is 5. The van der Waals surface area contributed by atoms with Crippen molar-refractivity contribution in [2.24, 2.45) is 0 Å². The number of fused-ring (bicyclic) bond motifs is 1. The average Bonchev–Trinajstić information content (AvgIpc) is 2.76. The fraction of sp³-hybridized carbons (Fsp3) is 0.381. The van der Waals surface area contributed by atoms with Gasteiger partial charge in [-0.05, 0) is 50.2 Å². The second kappa shape index (κ2) is 8.85. The van der Waals surface area contributed by atoms with Crippen LogP contribution < -0.4 is 19.6 Å². The van der Waals surface area contributed by atoms with Gasteiger partial charge in [0.25, 0.3) is 0 Å². The maximum Gasteiger partial charge on any atom is 0.424 e. The van der Waals surface area contributed by atoms with Gasteiger partial charge < -0.3 is 14.4 Å². The summed E-state index contributed by atoms with van der Waals surface area (Å²) in [5.41, 5.74) is 1.72. The van der Waals surface area contributed by atoms with Crippen LogP contribution in [0.2, 0.25) is 5.02 Å². The molecule has 0 spiro atoms. The van der Waals surface area contributed by atoms with Crippen LogP contribution in [0.25, 0.3) is 0 Å². The topological polar surface area (TPSA) is 45.2 Å². The second-order valence-corrected chi connectivity index (χ2v) is 11.6. The number of benzene rings is 2. The Morgan fingerprint density at radius 2 is 1.77 bits per heavy atom. The lowest BCUT2D eigenvalue weighted by Crippen LogP contribution is -2.48. The molecule has 2 aromatic carbocycles. The summed E-state index contributed by atoms with van der Waals surface area (Å²) in [5.74, 6) is 0.560. The molecule has 160 valence electrons. The lowest BCUT2D eigenvalue weighted by atomic mass is 10.2. The highest BCUT2D eigenvalue weighted by atomic mass is 35.5. The lowest BCUT2D eigenvalue weighted by Gasteiger charge is -2.46. The number of ether oxygens (including phenoxy) is 2. The minimum Gasteiger partial charge on any atom is -0.409 e. The van der Waals surface area contributed by atoms with Crippen LogP contribution in [0.5, 0.6) is 5.75 Å². The van der Waals surface area contributed by atoms with E-state index in [2.05, 4.69) is 29.5 Å². The van der Waals surface area contributed by atoms with Gasteiger partial charge in [-0.3, -0.25) is 4.67 Å². The van der Waals surface area contributed by atoms with E-state index in [1.807, 2.05) is 24.3 Å². The van der Waals surface area contributed by atoms with Gasteiger partial charge in [0.1, 0.15) is 12.1 Å². The molecular formula is C21H25ClN3O3PS. The van der Waals surface area contributed by atoms with Crippen molar-refractivity contribution in [2.45, 2.75) is 13.8 Å². The molecule has 0 aromatic heterocycles. The van der Waals surface area contributed by atoms with Crippen molar-refractivity contribution in [1.82, 2.24) is 4.67 Å². The number of amides is 1. The van der Waals surface area contributed by atoms with Crippen molar-refractivity contribution < 1.29 is 14.3 Å². The van der Waals surface area contributed by atoms with Crippen LogP contribution >= 0.6 is 17.9 Å². The Morgan fingerprint density at radius 3 is 2.40 bits per heavy atom. The molecule has 0 unspecified atom stereocenters. The Kier molecular flexibility index (Phi) is 6.37. The minimum absolute atomic E-state index is 0.448. The normalized spacial score (nSPS) is 21.8. The number of hydrogen-bond acceptors (Lipinski definition) is 5. The van der Waals surface area contributed by atoms with Gasteiger partial charge in [0, 0.05) is 43.0 Å². The predicted octanol–water partition coefficient (Wildman–Crippen LogP) is 4.47. The van der Waals surface area contributed by atoms with E-state index in [4.69, 9.17) is 32.9 Å². The Balaban J connectivity index is 1.86. The molecule has 0 aliphatic carbocycles. The van der Waals surface area contributed by atoms with E-state index in [9.17, 15) is 4.79 Å². The predicted molar refractivity (Wildman–Crippen MR) is 126 cm³/mol. The van der Waals surface area contributed by atoms with Gasteiger partial charge in [-0.1, -0.05) is 23.4 Å². The number of nitrogens with zero attached hydrogens (tertiary/aromatic N) is 3. The molecule has 2 aromatic rings. The van der Waals surface area contributed by atoms with E-state index in [-0.39, 0.29) is 0 Å². The zero-order valence-corrected chi connectivity index (χ0v) is 19.6. The van der Waals surface area contributed by atoms with Gasteiger partial charge >= 0.3 is 6.09 Å². The summed E-state index contributed by atoms with van der Waals surface area (Å²) in [6.07, 6.45) is -3.11. The minimum atomic E-state index is -2.67. The number of anilines is 2. The second-order valence-electron chi connectivity index (χ2n) is 7.09. The zero-order valence-electron chi connectivity index (χ0n) is 17.1. The largest absolute Gasteiger partial charge is 0.424 e. The molecule has 2 heterocycles. The Labute approximate surface area is 187 Å². The molecule has 4 rings (SSSR count). The number of halogens is 1. The van der Waals surface area contributed by atoms with E-state index in [1.165, 1.54) is 0 Å². The van der Waals surface area contributed by atoms with Crippen LogP contribution in [-0.2, 0) is 16.5 Å². The average molecular weight is 466 g/mol. The first-order valence-corrected chi connectivity index (χ1v) is 13.2. The van der Waals surface area contributed by atoms with Gasteiger partial charge in [-0.25, -0.2) is 9.46 Å². The first-order chi connectivity index (χ1) is 14.5. The van der Waals surface area contributed by atoms with Crippen LogP contribution in [0.15, 0.2) is 42.5 Å². The van der Waals surface area contributed by atoms with E-state index < -0.39 is 12.4 Å². The summed E-state index contributed by atoms with van der Waals surface area (Å²) < 4.78 is 15.3. The van der Waals surface area contributed by atoms with Gasteiger partial charge in [-0.2, -0.15) is 0 Å². The molecule has 1 atom stereocenters. The summed E-state index contributed by atoms with van der Waals surface area (Å²) in [7, 11) is 0. The standard InChI is InChI=1S/C21H25ClN3O3PS/c1-3-23(4-2)18-9-10-20-19(15-18)28-21(26)25(17-7-5-16(22)6-8-17)29(20,30)24-11-13-27-14-12-24/h5-10,15H,3-4,11-14H2,1-2H3/t29-/m1/s1. The summed E-state index contributed by atoms with van der Waals surface area (Å²) in [6.45, 7) is 8.49. The summed E-state index contributed by atoms with van der Waals surface area (Å²) in [4.78, 5) is 15.5. The molecule has 1 saturated heterocycles. The molecule has 0 saturated carbocycles. The van der Waals surface area contributed by atoms with E-state index in [0.29, 0.717) is 42.8 Å². The molecule has 9 heteroatoms. The number of hydrogen-bond donors (Lipinski definition) is 0. The fourth-order valence-corrected chi connectivity index (χ4v) is 8.32. The highest BCUT2D eigenvalue weighted by molar-refractivity contribution is 8.18. The molecule has 0 radical (unpaired) electrons. The quantitative estimate of drug-likeness (QED) is 0.607. The summed E-state index contributed by atoms with van der Waals surface area (Å²) >= 11 is 12.4. The summed E-state index contributed by atoms with van der Waals surface area (Å²) in [6, 6.07) is 13.2. The van der Waals surface area contributed by atoms with Crippen LogP contribution in [0.3, 0.4) is 0 Å². The molecule has 30 heavy (non-hydrogen) atoms. The van der Waals surface area contributed by atoms with Crippen LogP contribution in [0, 0.1) is 0 Å². The Bertz CT molecular complexity index is 978. The Hall–Kier alpha value is -1.63. The van der Waals surface area contributed by atoms with Gasteiger partial charge in [-0.15, -0.1) is 0 Å². The fourth-order valence-electron chi connectivity index (χ4n) is 3.91. The van der Waals surface area contributed by atoms with Crippen LogP contribution in [0.1, 0.15) is 13.8 Å². The number of carbonyl (C=O) groups is 1. The Morgan fingerprint density at radius 1 is 1.10 bits per heavy atom. The third kappa shape index (κ3) is 3.74. The van der Waals surface area contributed by atoms with Crippen molar-refractivity contribution in [2.75, 3.05) is 49.0 Å². The van der Waals surface area contributed by atoms with E-state index >= 15 is 0 Å². The molecule has 0 bridgehead atoms. The van der Waals surface area contributed by atoms with Crippen molar-refractivity contribution in [3.8, 4) is 5.75 Å². The SMILES string of the molecule is CCN(CC)c1ccc2c(c1)OC(=O)N(c1ccc(Cl)cc1)[P@]2(=S)N1CCOCC1. The van der Waals surface area contributed by atoms with Crippen LogP contribution in [-0.4, -0.2) is 50.2 Å². The molecule has 6 nitrogen and oxygen atoms in total. The maximum atomic E-state index is 13.3. The van der Waals surface area contributed by atoms with E-state index in [0.717, 1.165) is 24.1 Å². The maximum absolute atomic E-state index is 13.3. The molecule has 2 aliphatic heterocycles. The zero-order chi connectivity index (χ0) is 21.3. The van der Waals surface area contributed by atoms with E-state index in [1.54, 1.807) is 16.8 Å². The monoisotopic (exact) mass is 465 g/mol. The number of carbonyl (C=O) groups excluding carboxylic acids is 1. The first kappa shape index (κ1) is 21.6. The third-order valence-corrected chi connectivity index (χ3v) is 10.6. The van der Waals surface area contributed by atoms with Gasteiger partial charge in [0.2, 0.25) is 0 Å². The first-order valence-electron chi connectivity index (χ1n) is 10.1. The highest BCUT2D eigenvalue weighted by Crippen LogP contribution is 2.59. The van der Waals surface area contributed by atoms with Crippen molar-refractivity contribution in [1.29, 1.82) is 0 Å². The van der Waals surface area contributed by atoms with Crippen molar-refractivity contribution in [3.05, 3.63) is 47.5 Å². The lowest BCUT2D eigenvalue weighted by molar-refractivity contribution is 0.0747. The highest BCUT2D eigenvalue weighted by Gasteiger charge is 2.45. The van der Waals surface area contributed by atoms with Gasteiger partial charge in [0.15, 0.2) is 0 Å². The van der Waals surface area contributed by atoms with Crippen molar-refractivity contribution >= 4 is 52.5 Å². The molecule has 0 N–H and O–H groups in total. The van der Waals surface area contributed by atoms with Crippen molar-refractivity contribution in [3.63, 3.8) is 0 Å². The van der Waals surface area contributed by atoms with Gasteiger partial charge in [0.05, 0.1) is 24.2 Å². The molecule has 2 aliphatic rings. The number of morpholine rings is 1.